The van der Waals surface area contributed by atoms with Crippen molar-refractivity contribution in [3.8, 4) is 0 Å². The Kier molecular flexibility index (Phi) is 1.91. The molecule has 2 rings (SSSR count). The molecular weight excluding hydrogens is 128 g/mol. The van der Waals surface area contributed by atoms with Crippen molar-refractivity contribution in [2.45, 2.75) is 25.4 Å². The summed E-state index contributed by atoms with van der Waals surface area (Å²) in [6, 6.07) is 0. The molecule has 0 spiro atoms. The van der Waals surface area contributed by atoms with E-state index in [0.29, 0.717) is 6.10 Å². The van der Waals surface area contributed by atoms with Crippen LogP contribution in [0.2, 0.25) is 0 Å². The topological polar surface area (TPSA) is 18.5 Å². The van der Waals surface area contributed by atoms with Crippen LogP contribution in [0.5, 0.6) is 0 Å². The highest BCUT2D eigenvalue weighted by Crippen LogP contribution is 2.23. The van der Waals surface area contributed by atoms with Crippen molar-refractivity contribution in [2.75, 3.05) is 19.8 Å². The van der Waals surface area contributed by atoms with E-state index in [4.69, 9.17) is 9.47 Å². The van der Waals surface area contributed by atoms with Crippen molar-refractivity contribution < 1.29 is 9.47 Å². The van der Waals surface area contributed by atoms with E-state index in [1.807, 2.05) is 0 Å². The van der Waals surface area contributed by atoms with Crippen molar-refractivity contribution >= 4 is 0 Å². The molecule has 0 bridgehead atoms. The summed E-state index contributed by atoms with van der Waals surface area (Å²) >= 11 is 0. The fourth-order valence-corrected chi connectivity index (χ4v) is 1.62. The van der Waals surface area contributed by atoms with Crippen LogP contribution < -0.4 is 0 Å². The molecule has 2 nitrogen and oxygen atoms in total. The van der Waals surface area contributed by atoms with Crippen LogP contribution in [0, 0.1) is 5.92 Å². The molecule has 2 heteroatoms. The van der Waals surface area contributed by atoms with Crippen LogP contribution in [0.25, 0.3) is 0 Å². The predicted octanol–water partition coefficient (Wildman–Crippen LogP) is 1.20. The Morgan fingerprint density at radius 2 is 2.20 bits per heavy atom. The number of hydrogen-bond donors (Lipinski definition) is 0. The van der Waals surface area contributed by atoms with Crippen LogP contribution >= 0.6 is 0 Å². The quantitative estimate of drug-likeness (QED) is 0.576. The molecule has 10 heavy (non-hydrogen) atoms. The van der Waals surface area contributed by atoms with E-state index in [1.165, 1.54) is 19.3 Å². The third-order valence-electron chi connectivity index (χ3n) is 2.33. The first kappa shape index (κ1) is 6.62. The molecule has 2 saturated heterocycles. The van der Waals surface area contributed by atoms with Gasteiger partial charge < -0.3 is 9.47 Å². The van der Waals surface area contributed by atoms with Gasteiger partial charge in [0.2, 0.25) is 0 Å². The number of hydrogen-bond acceptors (Lipinski definition) is 2. The van der Waals surface area contributed by atoms with Gasteiger partial charge in [-0.25, -0.2) is 0 Å². The summed E-state index contributed by atoms with van der Waals surface area (Å²) in [6.07, 6.45) is 4.34. The molecule has 0 aromatic heterocycles. The molecule has 2 aliphatic rings. The van der Waals surface area contributed by atoms with Gasteiger partial charge in [-0.15, -0.1) is 0 Å². The first-order valence-electron chi connectivity index (χ1n) is 4.14. The Hall–Kier alpha value is -0.0800. The van der Waals surface area contributed by atoms with Gasteiger partial charge in [-0.2, -0.15) is 0 Å². The van der Waals surface area contributed by atoms with Gasteiger partial charge in [-0.3, -0.25) is 0 Å². The van der Waals surface area contributed by atoms with Gasteiger partial charge in [0.15, 0.2) is 0 Å². The maximum absolute atomic E-state index is 5.50. The molecule has 0 radical (unpaired) electrons. The Morgan fingerprint density at radius 3 is 2.70 bits per heavy atom. The minimum absolute atomic E-state index is 0.564. The second-order valence-electron chi connectivity index (χ2n) is 3.27. The summed E-state index contributed by atoms with van der Waals surface area (Å²) < 4.78 is 10.6. The Balaban J connectivity index is 1.68. The molecule has 0 aliphatic carbocycles. The second-order valence-corrected chi connectivity index (χ2v) is 3.27. The number of rotatable bonds is 2. The normalized spacial score (nSPS) is 34.2. The third kappa shape index (κ3) is 1.32. The lowest BCUT2D eigenvalue weighted by Gasteiger charge is -2.27. The van der Waals surface area contributed by atoms with Crippen LogP contribution in [0.4, 0.5) is 0 Å². The van der Waals surface area contributed by atoms with Gasteiger partial charge in [0.1, 0.15) is 0 Å². The predicted molar refractivity (Wildman–Crippen MR) is 37.9 cm³/mol. The van der Waals surface area contributed by atoms with Crippen molar-refractivity contribution in [2.24, 2.45) is 5.92 Å². The third-order valence-corrected chi connectivity index (χ3v) is 2.33. The zero-order valence-electron chi connectivity index (χ0n) is 6.21. The van der Waals surface area contributed by atoms with Crippen molar-refractivity contribution in [3.05, 3.63) is 0 Å². The van der Waals surface area contributed by atoms with E-state index in [9.17, 15) is 0 Å². The lowest BCUT2D eigenvalue weighted by Crippen LogP contribution is -2.30. The van der Waals surface area contributed by atoms with E-state index >= 15 is 0 Å². The SMILES string of the molecule is C1COC(CC2COC2)C1. The number of ether oxygens (including phenoxy) is 2. The monoisotopic (exact) mass is 142 g/mol. The average Bonchev–Trinajstić information content (AvgIpc) is 2.29. The van der Waals surface area contributed by atoms with Crippen LogP contribution in [0.1, 0.15) is 19.3 Å². The summed E-state index contributed by atoms with van der Waals surface area (Å²) in [5, 5.41) is 0. The molecule has 58 valence electrons. The maximum Gasteiger partial charge on any atom is 0.0580 e. The Labute approximate surface area is 61.5 Å². The molecule has 2 aliphatic heterocycles. The summed E-state index contributed by atoms with van der Waals surface area (Å²) in [7, 11) is 0. The summed E-state index contributed by atoms with van der Waals surface area (Å²) in [5.74, 6) is 0.808. The van der Waals surface area contributed by atoms with Gasteiger partial charge in [-0.1, -0.05) is 0 Å². The van der Waals surface area contributed by atoms with Crippen molar-refractivity contribution in [1.82, 2.24) is 0 Å². The van der Waals surface area contributed by atoms with E-state index in [2.05, 4.69) is 0 Å². The smallest absolute Gasteiger partial charge is 0.0580 e. The molecule has 1 unspecified atom stereocenters. The average molecular weight is 142 g/mol. The lowest BCUT2D eigenvalue weighted by atomic mass is 9.99. The molecule has 0 saturated carbocycles. The highest BCUT2D eigenvalue weighted by Gasteiger charge is 2.25. The molecule has 0 aromatic carbocycles. The summed E-state index contributed by atoms with van der Waals surface area (Å²) in [4.78, 5) is 0. The molecule has 2 heterocycles. The van der Waals surface area contributed by atoms with Crippen molar-refractivity contribution in [1.29, 1.82) is 0 Å². The Morgan fingerprint density at radius 1 is 1.30 bits per heavy atom. The van der Waals surface area contributed by atoms with Gasteiger partial charge in [0.05, 0.1) is 19.3 Å². The van der Waals surface area contributed by atoms with E-state index in [1.54, 1.807) is 0 Å². The molecule has 2 fully saturated rings. The standard InChI is InChI=1S/C8H14O2/c1-2-8(10-3-1)4-7-5-9-6-7/h7-8H,1-6H2. The highest BCUT2D eigenvalue weighted by molar-refractivity contribution is 4.73. The fourth-order valence-electron chi connectivity index (χ4n) is 1.62. The first-order valence-corrected chi connectivity index (χ1v) is 4.14. The van der Waals surface area contributed by atoms with Crippen LogP contribution in [0.3, 0.4) is 0 Å². The van der Waals surface area contributed by atoms with Gasteiger partial charge in [-0.05, 0) is 19.3 Å². The molecule has 0 N–H and O–H groups in total. The lowest BCUT2D eigenvalue weighted by molar-refractivity contribution is -0.0558. The summed E-state index contributed by atoms with van der Waals surface area (Å²) in [6.45, 7) is 2.93. The first-order chi connectivity index (χ1) is 4.95. The minimum Gasteiger partial charge on any atom is -0.381 e. The van der Waals surface area contributed by atoms with E-state index in [-0.39, 0.29) is 0 Å². The zero-order valence-corrected chi connectivity index (χ0v) is 6.21. The van der Waals surface area contributed by atoms with E-state index < -0.39 is 0 Å². The van der Waals surface area contributed by atoms with Crippen LogP contribution in [0.15, 0.2) is 0 Å². The van der Waals surface area contributed by atoms with Crippen molar-refractivity contribution in [3.63, 3.8) is 0 Å². The molecule has 1 atom stereocenters. The molecular formula is C8H14O2. The zero-order chi connectivity index (χ0) is 6.81. The van der Waals surface area contributed by atoms with Crippen LogP contribution in [-0.4, -0.2) is 25.9 Å². The van der Waals surface area contributed by atoms with Crippen LogP contribution in [-0.2, 0) is 9.47 Å². The van der Waals surface area contributed by atoms with E-state index in [0.717, 1.165) is 25.7 Å². The van der Waals surface area contributed by atoms with Gasteiger partial charge in [0.25, 0.3) is 0 Å². The molecule has 0 aromatic rings. The second kappa shape index (κ2) is 2.89. The van der Waals surface area contributed by atoms with Gasteiger partial charge >= 0.3 is 0 Å². The summed E-state index contributed by atoms with van der Waals surface area (Å²) in [5.41, 5.74) is 0. The molecule has 0 amide bonds. The largest absolute Gasteiger partial charge is 0.381 e. The highest BCUT2D eigenvalue weighted by atomic mass is 16.5. The Bertz CT molecular complexity index is 104. The van der Waals surface area contributed by atoms with Gasteiger partial charge in [0, 0.05) is 12.5 Å². The maximum atomic E-state index is 5.50. The fraction of sp³-hybridized carbons (Fsp3) is 1.00. The minimum atomic E-state index is 0.564.